The van der Waals surface area contributed by atoms with Crippen LogP contribution in [0.3, 0.4) is 0 Å². The summed E-state index contributed by atoms with van der Waals surface area (Å²) >= 11 is 3.32. The maximum atomic E-state index is 13.1. The SMILES string of the molecule is O=C(Nc1ccc(Br)cc1)C(Cc1ccccc1)NS(=O)(=O)c1ccc(F)cc1. The second-order valence-electron chi connectivity index (χ2n) is 6.31. The van der Waals surface area contributed by atoms with Gasteiger partial charge in [0.15, 0.2) is 0 Å². The van der Waals surface area contributed by atoms with Crippen LogP contribution >= 0.6 is 15.9 Å². The van der Waals surface area contributed by atoms with E-state index < -0.39 is 27.8 Å². The van der Waals surface area contributed by atoms with Gasteiger partial charge in [0.1, 0.15) is 11.9 Å². The third-order valence-corrected chi connectivity index (χ3v) is 6.15. The Labute approximate surface area is 177 Å². The predicted molar refractivity (Wildman–Crippen MR) is 113 cm³/mol. The number of anilines is 1. The molecule has 5 nitrogen and oxygen atoms in total. The lowest BCUT2D eigenvalue weighted by Gasteiger charge is -2.19. The van der Waals surface area contributed by atoms with E-state index in [9.17, 15) is 17.6 Å². The Morgan fingerprint density at radius 1 is 0.931 bits per heavy atom. The number of carbonyl (C=O) groups excluding carboxylic acids is 1. The topological polar surface area (TPSA) is 75.3 Å². The third-order valence-electron chi connectivity index (χ3n) is 4.13. The molecule has 0 aromatic heterocycles. The minimum absolute atomic E-state index is 0.117. The molecule has 0 radical (unpaired) electrons. The molecular weight excluding hydrogens is 459 g/mol. The molecule has 8 heteroatoms. The number of carbonyl (C=O) groups is 1. The van der Waals surface area contributed by atoms with Crippen LogP contribution in [0.1, 0.15) is 5.56 Å². The molecule has 0 aliphatic carbocycles. The van der Waals surface area contributed by atoms with Crippen molar-refractivity contribution < 1.29 is 17.6 Å². The minimum Gasteiger partial charge on any atom is -0.325 e. The lowest BCUT2D eigenvalue weighted by Crippen LogP contribution is -2.45. The van der Waals surface area contributed by atoms with Gasteiger partial charge in [-0.05, 0) is 60.5 Å². The zero-order valence-corrected chi connectivity index (χ0v) is 17.6. The van der Waals surface area contributed by atoms with Crippen LogP contribution in [-0.4, -0.2) is 20.4 Å². The summed E-state index contributed by atoms with van der Waals surface area (Å²) < 4.78 is 41.9. The summed E-state index contributed by atoms with van der Waals surface area (Å²) in [6.07, 6.45) is 0.156. The summed E-state index contributed by atoms with van der Waals surface area (Å²) in [5, 5.41) is 2.73. The number of nitrogens with one attached hydrogen (secondary N) is 2. The molecule has 0 aliphatic rings. The highest BCUT2D eigenvalue weighted by molar-refractivity contribution is 9.10. The molecule has 29 heavy (non-hydrogen) atoms. The van der Waals surface area contributed by atoms with Gasteiger partial charge < -0.3 is 5.32 Å². The average molecular weight is 477 g/mol. The van der Waals surface area contributed by atoms with Crippen molar-refractivity contribution in [1.82, 2.24) is 4.72 Å². The lowest BCUT2D eigenvalue weighted by molar-refractivity contribution is -0.117. The Kier molecular flexibility index (Phi) is 6.79. The molecule has 3 aromatic carbocycles. The Balaban J connectivity index is 1.84. The molecule has 0 saturated carbocycles. The third kappa shape index (κ3) is 5.96. The van der Waals surface area contributed by atoms with Crippen LogP contribution < -0.4 is 10.0 Å². The second-order valence-corrected chi connectivity index (χ2v) is 8.94. The maximum Gasteiger partial charge on any atom is 0.242 e. The number of halogens is 2. The van der Waals surface area contributed by atoms with Gasteiger partial charge in [-0.3, -0.25) is 4.79 Å². The van der Waals surface area contributed by atoms with E-state index in [2.05, 4.69) is 26.0 Å². The fourth-order valence-electron chi connectivity index (χ4n) is 2.67. The van der Waals surface area contributed by atoms with Crippen LogP contribution in [0.2, 0.25) is 0 Å². The largest absolute Gasteiger partial charge is 0.325 e. The number of rotatable bonds is 7. The first-order valence-electron chi connectivity index (χ1n) is 8.72. The van der Waals surface area contributed by atoms with Crippen LogP contribution in [0.4, 0.5) is 10.1 Å². The Bertz CT molecular complexity index is 1070. The quantitative estimate of drug-likeness (QED) is 0.538. The van der Waals surface area contributed by atoms with Gasteiger partial charge in [0, 0.05) is 10.2 Å². The average Bonchev–Trinajstić information content (AvgIpc) is 2.70. The normalized spacial score (nSPS) is 12.3. The van der Waals surface area contributed by atoms with E-state index in [1.165, 1.54) is 0 Å². The van der Waals surface area contributed by atoms with Gasteiger partial charge in [-0.15, -0.1) is 0 Å². The summed E-state index contributed by atoms with van der Waals surface area (Å²) in [7, 11) is -4.03. The monoisotopic (exact) mass is 476 g/mol. The van der Waals surface area contributed by atoms with Crippen LogP contribution in [0.15, 0.2) is 88.2 Å². The van der Waals surface area contributed by atoms with Gasteiger partial charge in [0.25, 0.3) is 0 Å². The van der Waals surface area contributed by atoms with Gasteiger partial charge in [-0.25, -0.2) is 12.8 Å². The molecule has 0 bridgehead atoms. The fourth-order valence-corrected chi connectivity index (χ4v) is 4.13. The molecule has 0 heterocycles. The molecular formula is C21H18BrFN2O3S. The minimum atomic E-state index is -4.03. The van der Waals surface area contributed by atoms with E-state index >= 15 is 0 Å². The molecule has 0 aliphatic heterocycles. The van der Waals surface area contributed by atoms with Crippen molar-refractivity contribution in [2.45, 2.75) is 17.4 Å². The summed E-state index contributed by atoms with van der Waals surface area (Å²) in [4.78, 5) is 12.7. The summed E-state index contributed by atoms with van der Waals surface area (Å²) in [6.45, 7) is 0. The molecule has 0 saturated heterocycles. The van der Waals surface area contributed by atoms with E-state index in [1.807, 2.05) is 30.3 Å². The first kappa shape index (κ1) is 21.2. The molecule has 1 unspecified atom stereocenters. The predicted octanol–water partition coefficient (Wildman–Crippen LogP) is 4.12. The van der Waals surface area contributed by atoms with Gasteiger partial charge >= 0.3 is 0 Å². The lowest BCUT2D eigenvalue weighted by atomic mass is 10.1. The van der Waals surface area contributed by atoms with Crippen molar-refractivity contribution in [1.29, 1.82) is 0 Å². The van der Waals surface area contributed by atoms with E-state index in [-0.39, 0.29) is 11.3 Å². The van der Waals surface area contributed by atoms with Crippen molar-refractivity contribution >= 4 is 37.5 Å². The fraction of sp³-hybridized carbons (Fsp3) is 0.0952. The zero-order valence-electron chi connectivity index (χ0n) is 15.2. The first-order valence-corrected chi connectivity index (χ1v) is 11.0. The maximum absolute atomic E-state index is 13.1. The highest BCUT2D eigenvalue weighted by Crippen LogP contribution is 2.16. The Morgan fingerprint density at radius 3 is 2.17 bits per heavy atom. The van der Waals surface area contributed by atoms with E-state index in [4.69, 9.17) is 0 Å². The molecule has 150 valence electrons. The standard InChI is InChI=1S/C21H18BrFN2O3S/c22-16-6-10-18(11-7-16)24-21(26)20(14-15-4-2-1-3-5-15)25-29(27,28)19-12-8-17(23)9-13-19/h1-13,20,25H,14H2,(H,24,26). The Morgan fingerprint density at radius 2 is 1.55 bits per heavy atom. The highest BCUT2D eigenvalue weighted by Gasteiger charge is 2.26. The smallest absolute Gasteiger partial charge is 0.242 e. The van der Waals surface area contributed by atoms with Crippen molar-refractivity contribution in [2.75, 3.05) is 5.32 Å². The van der Waals surface area contributed by atoms with Crippen molar-refractivity contribution in [3.8, 4) is 0 Å². The van der Waals surface area contributed by atoms with E-state index in [0.29, 0.717) is 5.69 Å². The van der Waals surface area contributed by atoms with Crippen LogP contribution in [0, 0.1) is 5.82 Å². The summed E-state index contributed by atoms with van der Waals surface area (Å²) in [5.74, 6) is -1.04. The first-order chi connectivity index (χ1) is 13.8. The summed E-state index contributed by atoms with van der Waals surface area (Å²) in [5.41, 5.74) is 1.34. The molecule has 3 rings (SSSR count). The number of sulfonamides is 1. The van der Waals surface area contributed by atoms with Gasteiger partial charge in [-0.1, -0.05) is 46.3 Å². The number of hydrogen-bond donors (Lipinski definition) is 2. The molecule has 2 N–H and O–H groups in total. The van der Waals surface area contributed by atoms with Crippen LogP contribution in [0.25, 0.3) is 0 Å². The molecule has 1 amide bonds. The highest BCUT2D eigenvalue weighted by atomic mass is 79.9. The molecule has 3 aromatic rings. The van der Waals surface area contributed by atoms with Crippen molar-refractivity contribution in [3.63, 3.8) is 0 Å². The number of benzene rings is 3. The molecule has 1 atom stereocenters. The van der Waals surface area contributed by atoms with Gasteiger partial charge in [0.05, 0.1) is 4.90 Å². The van der Waals surface area contributed by atoms with Gasteiger partial charge in [0.2, 0.25) is 15.9 Å². The number of amides is 1. The van der Waals surface area contributed by atoms with E-state index in [0.717, 1.165) is 34.3 Å². The summed E-state index contributed by atoms with van der Waals surface area (Å²) in [6, 6.07) is 19.4. The van der Waals surface area contributed by atoms with Crippen LogP contribution in [0.5, 0.6) is 0 Å². The molecule has 0 fully saturated rings. The zero-order chi connectivity index (χ0) is 20.9. The van der Waals surface area contributed by atoms with Gasteiger partial charge in [-0.2, -0.15) is 4.72 Å². The van der Waals surface area contributed by atoms with Crippen molar-refractivity contribution in [2.24, 2.45) is 0 Å². The van der Waals surface area contributed by atoms with Crippen molar-refractivity contribution in [3.05, 3.63) is 94.7 Å². The van der Waals surface area contributed by atoms with Crippen LogP contribution in [-0.2, 0) is 21.2 Å². The number of hydrogen-bond acceptors (Lipinski definition) is 3. The second kappa shape index (κ2) is 9.30. The Hall–Kier alpha value is -2.55. The molecule has 0 spiro atoms. The van der Waals surface area contributed by atoms with E-state index in [1.54, 1.807) is 24.3 Å².